The van der Waals surface area contributed by atoms with Crippen molar-refractivity contribution in [3.8, 4) is 0 Å². The molecule has 0 saturated heterocycles. The van der Waals surface area contributed by atoms with Crippen molar-refractivity contribution >= 4 is 22.6 Å². The van der Waals surface area contributed by atoms with Crippen LogP contribution < -0.4 is 10.9 Å². The van der Waals surface area contributed by atoms with E-state index < -0.39 is 12.1 Å². The topological polar surface area (TPSA) is 101 Å². The second kappa shape index (κ2) is 9.82. The van der Waals surface area contributed by atoms with E-state index in [9.17, 15) is 14.4 Å². The number of carbonyl (C=O) groups excluding carboxylic acids is 2. The summed E-state index contributed by atoms with van der Waals surface area (Å²) in [6.45, 7) is 4.07. The van der Waals surface area contributed by atoms with Gasteiger partial charge in [0.05, 0.1) is 17.5 Å². The maximum atomic E-state index is 12.4. The summed E-state index contributed by atoms with van der Waals surface area (Å²) in [5.41, 5.74) is 1.23. The van der Waals surface area contributed by atoms with Crippen LogP contribution >= 0.6 is 0 Å². The molecule has 1 aromatic heterocycles. The summed E-state index contributed by atoms with van der Waals surface area (Å²) in [5, 5.41) is 10.2. The lowest BCUT2D eigenvalue weighted by Gasteiger charge is -2.18. The van der Waals surface area contributed by atoms with Crippen LogP contribution in [0.5, 0.6) is 0 Å². The maximum absolute atomic E-state index is 12.4. The van der Waals surface area contributed by atoms with Crippen LogP contribution in [0.4, 0.5) is 0 Å². The fraction of sp³-hybridized carbons (Fsp3) is 0.304. The monoisotopic (exact) mass is 407 g/mol. The standard InChI is InChI=1S/C23H25N3O4/c1-3-16(17-9-5-4-6-10-17)14-24-22(28)15(2)30-21(27)13-20-18-11-7-8-12-19(18)23(29)26-25-20/h4-12,15-16H,3,13-14H2,1-2H3,(H,24,28)(H,26,29)/t15-,16+/m0/s1. The van der Waals surface area contributed by atoms with Gasteiger partial charge in [-0.2, -0.15) is 5.10 Å². The molecule has 0 aliphatic heterocycles. The molecule has 0 spiro atoms. The average molecular weight is 407 g/mol. The first-order valence-electron chi connectivity index (χ1n) is 9.98. The van der Waals surface area contributed by atoms with Gasteiger partial charge in [-0.3, -0.25) is 14.4 Å². The van der Waals surface area contributed by atoms with Gasteiger partial charge in [-0.15, -0.1) is 0 Å². The second-order valence-corrected chi connectivity index (χ2v) is 7.11. The van der Waals surface area contributed by atoms with Crippen LogP contribution in [-0.4, -0.2) is 34.7 Å². The SMILES string of the molecule is CC[C@H](CNC(=O)[C@H](C)OC(=O)Cc1n[nH]c(=O)c2ccccc12)c1ccccc1. The van der Waals surface area contributed by atoms with Crippen LogP contribution in [0.2, 0.25) is 0 Å². The van der Waals surface area contributed by atoms with E-state index in [0.717, 1.165) is 12.0 Å². The highest BCUT2D eigenvalue weighted by molar-refractivity contribution is 5.88. The third kappa shape index (κ3) is 5.11. The Bertz CT molecular complexity index is 1080. The summed E-state index contributed by atoms with van der Waals surface area (Å²) in [5.74, 6) is -0.746. The molecule has 2 aromatic carbocycles. The van der Waals surface area contributed by atoms with Crippen molar-refractivity contribution in [2.75, 3.05) is 6.54 Å². The van der Waals surface area contributed by atoms with Gasteiger partial charge in [0.2, 0.25) is 0 Å². The number of carbonyl (C=O) groups is 2. The zero-order chi connectivity index (χ0) is 21.5. The van der Waals surface area contributed by atoms with Crippen LogP contribution in [0.1, 0.15) is 37.4 Å². The highest BCUT2D eigenvalue weighted by Gasteiger charge is 2.20. The number of benzene rings is 2. The fourth-order valence-corrected chi connectivity index (χ4v) is 3.33. The Labute approximate surface area is 174 Å². The number of aromatic amines is 1. The van der Waals surface area contributed by atoms with Crippen LogP contribution in [0.15, 0.2) is 59.4 Å². The number of hydrogen-bond donors (Lipinski definition) is 2. The lowest BCUT2D eigenvalue weighted by Crippen LogP contribution is -2.38. The van der Waals surface area contributed by atoms with Crippen LogP contribution in [0, 0.1) is 0 Å². The number of fused-ring (bicyclic) bond motifs is 1. The quantitative estimate of drug-likeness (QED) is 0.559. The number of nitrogens with one attached hydrogen (secondary N) is 2. The molecular formula is C23H25N3O4. The van der Waals surface area contributed by atoms with Gasteiger partial charge in [0.25, 0.3) is 11.5 Å². The van der Waals surface area contributed by atoms with Gasteiger partial charge in [0.15, 0.2) is 6.10 Å². The number of H-pyrrole nitrogens is 1. The molecule has 0 radical (unpaired) electrons. The van der Waals surface area contributed by atoms with E-state index in [0.29, 0.717) is 23.0 Å². The van der Waals surface area contributed by atoms with E-state index in [-0.39, 0.29) is 23.8 Å². The number of rotatable bonds is 8. The Hall–Kier alpha value is -3.48. The third-order valence-corrected chi connectivity index (χ3v) is 5.05. The Morgan fingerprint density at radius 2 is 1.73 bits per heavy atom. The molecule has 156 valence electrons. The summed E-state index contributed by atoms with van der Waals surface area (Å²) in [7, 11) is 0. The molecule has 30 heavy (non-hydrogen) atoms. The molecule has 2 atom stereocenters. The first kappa shape index (κ1) is 21.2. The number of aromatic nitrogens is 2. The van der Waals surface area contributed by atoms with Crippen molar-refractivity contribution in [3.05, 3.63) is 76.2 Å². The largest absolute Gasteiger partial charge is 0.452 e. The molecule has 0 aliphatic rings. The highest BCUT2D eigenvalue weighted by atomic mass is 16.5. The molecule has 0 bridgehead atoms. The summed E-state index contributed by atoms with van der Waals surface area (Å²) in [6.07, 6.45) is -0.195. The van der Waals surface area contributed by atoms with E-state index in [1.807, 2.05) is 30.3 Å². The first-order chi connectivity index (χ1) is 14.5. The van der Waals surface area contributed by atoms with Crippen LogP contribution in [0.3, 0.4) is 0 Å². The van der Waals surface area contributed by atoms with Gasteiger partial charge in [-0.05, 0) is 25.0 Å². The molecule has 1 amide bonds. The number of ether oxygens (including phenoxy) is 1. The number of amides is 1. The molecular weight excluding hydrogens is 382 g/mol. The number of hydrogen-bond acceptors (Lipinski definition) is 5. The van der Waals surface area contributed by atoms with Gasteiger partial charge >= 0.3 is 5.97 Å². The maximum Gasteiger partial charge on any atom is 0.312 e. The second-order valence-electron chi connectivity index (χ2n) is 7.11. The minimum absolute atomic E-state index is 0.142. The van der Waals surface area contributed by atoms with E-state index >= 15 is 0 Å². The third-order valence-electron chi connectivity index (χ3n) is 5.05. The Kier molecular flexibility index (Phi) is 6.95. The van der Waals surface area contributed by atoms with E-state index in [2.05, 4.69) is 22.4 Å². The Morgan fingerprint density at radius 1 is 1.07 bits per heavy atom. The van der Waals surface area contributed by atoms with Crippen LogP contribution in [-0.2, 0) is 20.7 Å². The molecule has 7 nitrogen and oxygen atoms in total. The predicted molar refractivity (Wildman–Crippen MR) is 114 cm³/mol. The predicted octanol–water partition coefficient (Wildman–Crippen LogP) is 2.71. The fourth-order valence-electron chi connectivity index (χ4n) is 3.33. The highest BCUT2D eigenvalue weighted by Crippen LogP contribution is 2.18. The van der Waals surface area contributed by atoms with E-state index in [1.165, 1.54) is 6.92 Å². The number of esters is 1. The van der Waals surface area contributed by atoms with Gasteiger partial charge in [0, 0.05) is 17.8 Å². The summed E-state index contributed by atoms with van der Waals surface area (Å²) >= 11 is 0. The van der Waals surface area contributed by atoms with Crippen molar-refractivity contribution in [1.29, 1.82) is 0 Å². The lowest BCUT2D eigenvalue weighted by molar-refractivity contribution is -0.154. The van der Waals surface area contributed by atoms with Crippen molar-refractivity contribution in [1.82, 2.24) is 15.5 Å². The van der Waals surface area contributed by atoms with Gasteiger partial charge in [-0.1, -0.05) is 55.5 Å². The molecule has 0 saturated carbocycles. The van der Waals surface area contributed by atoms with Crippen LogP contribution in [0.25, 0.3) is 10.8 Å². The van der Waals surface area contributed by atoms with E-state index in [1.54, 1.807) is 24.3 Å². The molecule has 1 heterocycles. The van der Waals surface area contributed by atoms with E-state index in [4.69, 9.17) is 4.74 Å². The van der Waals surface area contributed by atoms with Crippen molar-refractivity contribution in [3.63, 3.8) is 0 Å². The summed E-state index contributed by atoms with van der Waals surface area (Å²) in [4.78, 5) is 36.6. The van der Waals surface area contributed by atoms with Crippen molar-refractivity contribution in [2.45, 2.75) is 38.7 Å². The smallest absolute Gasteiger partial charge is 0.312 e. The van der Waals surface area contributed by atoms with Crippen molar-refractivity contribution < 1.29 is 14.3 Å². The van der Waals surface area contributed by atoms with Crippen molar-refractivity contribution in [2.24, 2.45) is 0 Å². The minimum Gasteiger partial charge on any atom is -0.452 e. The molecule has 0 unspecified atom stereocenters. The Balaban J connectivity index is 1.57. The molecule has 3 aromatic rings. The van der Waals surface area contributed by atoms with Gasteiger partial charge in [-0.25, -0.2) is 5.10 Å². The molecule has 3 rings (SSSR count). The number of nitrogens with zero attached hydrogens (tertiary/aromatic N) is 1. The zero-order valence-corrected chi connectivity index (χ0v) is 17.1. The van der Waals surface area contributed by atoms with Gasteiger partial charge < -0.3 is 10.1 Å². The molecule has 0 fully saturated rings. The molecule has 0 aliphatic carbocycles. The normalized spacial score (nSPS) is 12.9. The average Bonchev–Trinajstić information content (AvgIpc) is 2.77. The first-order valence-corrected chi connectivity index (χ1v) is 9.98. The Morgan fingerprint density at radius 3 is 2.43 bits per heavy atom. The summed E-state index contributed by atoms with van der Waals surface area (Å²) < 4.78 is 5.28. The lowest BCUT2D eigenvalue weighted by atomic mass is 9.96. The molecule has 2 N–H and O–H groups in total. The minimum atomic E-state index is -0.931. The van der Waals surface area contributed by atoms with Gasteiger partial charge in [0.1, 0.15) is 0 Å². The summed E-state index contributed by atoms with van der Waals surface area (Å²) in [6, 6.07) is 16.9. The zero-order valence-electron chi connectivity index (χ0n) is 17.1. The molecule has 7 heteroatoms.